The smallest absolute Gasteiger partial charge is 0.321 e. The van der Waals surface area contributed by atoms with E-state index in [0.717, 1.165) is 17.5 Å². The minimum atomic E-state index is -1.14. The molecule has 2 aromatic carbocycles. The Morgan fingerprint density at radius 3 is 1.86 bits per heavy atom. The van der Waals surface area contributed by atoms with Gasteiger partial charge in [-0.3, -0.25) is 9.80 Å². The fourth-order valence-electron chi connectivity index (χ4n) is 4.72. The summed E-state index contributed by atoms with van der Waals surface area (Å²) in [7, 11) is 0. The SMILES string of the molecule is CCCN1C(=O)NC2(c3ccccc3)NC(=O)N(CCCO)C12c1ccccc1. The Kier molecular flexibility index (Phi) is 4.92. The fraction of sp³-hybridized carbons (Fsp3) is 0.364. The Morgan fingerprint density at radius 1 is 0.828 bits per heavy atom. The number of hydrogen-bond donors (Lipinski definition) is 3. The summed E-state index contributed by atoms with van der Waals surface area (Å²) in [4.78, 5) is 30.0. The molecule has 2 heterocycles. The second-order valence-corrected chi connectivity index (χ2v) is 7.40. The van der Waals surface area contributed by atoms with E-state index in [1.165, 1.54) is 0 Å². The molecule has 2 aliphatic heterocycles. The molecule has 2 aliphatic rings. The number of benzene rings is 2. The van der Waals surface area contributed by atoms with Crippen molar-refractivity contribution in [2.24, 2.45) is 0 Å². The summed E-state index contributed by atoms with van der Waals surface area (Å²) in [5.41, 5.74) is -0.591. The molecule has 0 aromatic heterocycles. The lowest BCUT2D eigenvalue weighted by atomic mass is 9.81. The van der Waals surface area contributed by atoms with E-state index in [4.69, 9.17) is 0 Å². The van der Waals surface area contributed by atoms with Gasteiger partial charge in [0, 0.05) is 30.8 Å². The number of nitrogens with one attached hydrogen (secondary N) is 2. The molecule has 0 saturated carbocycles. The topological polar surface area (TPSA) is 84.9 Å². The zero-order valence-corrected chi connectivity index (χ0v) is 16.5. The maximum absolute atomic E-state index is 13.3. The van der Waals surface area contributed by atoms with Crippen molar-refractivity contribution in [1.82, 2.24) is 20.4 Å². The molecular formula is C22H26N4O3. The summed E-state index contributed by atoms with van der Waals surface area (Å²) < 4.78 is 0. The van der Waals surface area contributed by atoms with Crippen LogP contribution < -0.4 is 10.6 Å². The van der Waals surface area contributed by atoms with Gasteiger partial charge in [0.15, 0.2) is 11.3 Å². The number of aliphatic hydroxyl groups is 1. The second kappa shape index (κ2) is 7.40. The maximum atomic E-state index is 13.3. The van der Waals surface area contributed by atoms with E-state index in [0.29, 0.717) is 19.5 Å². The Hall–Kier alpha value is -3.06. The molecule has 29 heavy (non-hydrogen) atoms. The number of carbonyl (C=O) groups is 2. The van der Waals surface area contributed by atoms with Crippen LogP contribution in [0.15, 0.2) is 60.7 Å². The lowest BCUT2D eigenvalue weighted by Gasteiger charge is -2.47. The Bertz CT molecular complexity index is 891. The lowest BCUT2D eigenvalue weighted by Crippen LogP contribution is -2.62. The van der Waals surface area contributed by atoms with Crippen LogP contribution in [0.2, 0.25) is 0 Å². The molecule has 0 aliphatic carbocycles. The largest absolute Gasteiger partial charge is 0.396 e. The van der Waals surface area contributed by atoms with Gasteiger partial charge in [0.1, 0.15) is 0 Å². The molecule has 7 nitrogen and oxygen atoms in total. The second-order valence-electron chi connectivity index (χ2n) is 7.40. The normalized spacial score (nSPS) is 25.7. The first kappa shape index (κ1) is 19.3. The van der Waals surface area contributed by atoms with Crippen LogP contribution in [0.3, 0.4) is 0 Å². The van der Waals surface area contributed by atoms with Gasteiger partial charge in [0.05, 0.1) is 0 Å². The molecule has 152 valence electrons. The summed E-state index contributed by atoms with van der Waals surface area (Å²) in [6.07, 6.45) is 1.16. The summed E-state index contributed by atoms with van der Waals surface area (Å²) in [6.45, 7) is 2.78. The van der Waals surface area contributed by atoms with Gasteiger partial charge in [0.25, 0.3) is 0 Å². The number of urea groups is 2. The Labute approximate surface area is 170 Å². The average Bonchev–Trinajstić information content (AvgIpc) is 3.14. The molecule has 0 radical (unpaired) electrons. The van der Waals surface area contributed by atoms with Crippen LogP contribution in [0.25, 0.3) is 0 Å². The third-order valence-electron chi connectivity index (χ3n) is 5.75. The third-order valence-corrected chi connectivity index (χ3v) is 5.75. The van der Waals surface area contributed by atoms with Crippen LogP contribution in [0.5, 0.6) is 0 Å². The van der Waals surface area contributed by atoms with E-state index >= 15 is 0 Å². The predicted octanol–water partition coefficient (Wildman–Crippen LogP) is 2.54. The number of fused-ring (bicyclic) bond motifs is 1. The first-order valence-electron chi connectivity index (χ1n) is 10.0. The molecule has 0 bridgehead atoms. The number of amides is 4. The van der Waals surface area contributed by atoms with Crippen molar-refractivity contribution in [3.05, 3.63) is 71.8 Å². The van der Waals surface area contributed by atoms with Crippen LogP contribution in [-0.2, 0) is 11.3 Å². The molecule has 2 fully saturated rings. The van der Waals surface area contributed by atoms with Crippen molar-refractivity contribution in [2.75, 3.05) is 19.7 Å². The summed E-state index contributed by atoms with van der Waals surface area (Å²) in [5.74, 6) is 0. The van der Waals surface area contributed by atoms with E-state index < -0.39 is 11.3 Å². The van der Waals surface area contributed by atoms with Crippen molar-refractivity contribution in [3.8, 4) is 0 Å². The zero-order valence-electron chi connectivity index (χ0n) is 16.5. The number of rotatable bonds is 7. The van der Waals surface area contributed by atoms with E-state index in [9.17, 15) is 14.7 Å². The van der Waals surface area contributed by atoms with E-state index in [2.05, 4.69) is 10.6 Å². The van der Waals surface area contributed by atoms with E-state index in [1.807, 2.05) is 67.6 Å². The van der Waals surface area contributed by atoms with Crippen molar-refractivity contribution in [2.45, 2.75) is 31.1 Å². The molecule has 4 rings (SSSR count). The van der Waals surface area contributed by atoms with Gasteiger partial charge in [-0.05, 0) is 12.8 Å². The highest BCUT2D eigenvalue weighted by atomic mass is 16.3. The highest BCUT2D eigenvalue weighted by molar-refractivity contribution is 5.89. The molecule has 4 amide bonds. The summed E-state index contributed by atoms with van der Waals surface area (Å²) in [6, 6.07) is 18.7. The van der Waals surface area contributed by atoms with Crippen molar-refractivity contribution >= 4 is 12.1 Å². The molecular weight excluding hydrogens is 368 g/mol. The predicted molar refractivity (Wildman–Crippen MR) is 109 cm³/mol. The number of aliphatic hydroxyl groups excluding tert-OH is 1. The average molecular weight is 394 g/mol. The molecule has 2 unspecified atom stereocenters. The van der Waals surface area contributed by atoms with Gasteiger partial charge in [-0.2, -0.15) is 0 Å². The highest BCUT2D eigenvalue weighted by Gasteiger charge is 2.73. The minimum absolute atomic E-state index is 0.0395. The maximum Gasteiger partial charge on any atom is 0.321 e. The Morgan fingerprint density at radius 2 is 1.34 bits per heavy atom. The molecule has 2 saturated heterocycles. The van der Waals surface area contributed by atoms with Gasteiger partial charge < -0.3 is 15.7 Å². The molecule has 0 spiro atoms. The molecule has 3 N–H and O–H groups in total. The van der Waals surface area contributed by atoms with Crippen LogP contribution in [0.4, 0.5) is 9.59 Å². The van der Waals surface area contributed by atoms with Gasteiger partial charge >= 0.3 is 12.1 Å². The quantitative estimate of drug-likeness (QED) is 0.675. The number of carbonyl (C=O) groups excluding carboxylic acids is 2. The molecule has 2 atom stereocenters. The van der Waals surface area contributed by atoms with E-state index in [1.54, 1.807) is 9.80 Å². The first-order valence-corrected chi connectivity index (χ1v) is 10.0. The van der Waals surface area contributed by atoms with Gasteiger partial charge in [-0.15, -0.1) is 0 Å². The molecule has 7 heteroatoms. The Balaban J connectivity index is 2.03. The van der Waals surface area contributed by atoms with Crippen LogP contribution >= 0.6 is 0 Å². The van der Waals surface area contributed by atoms with Crippen molar-refractivity contribution in [1.29, 1.82) is 0 Å². The fourth-order valence-corrected chi connectivity index (χ4v) is 4.72. The number of hydrogen-bond acceptors (Lipinski definition) is 3. The van der Waals surface area contributed by atoms with Gasteiger partial charge in [-0.1, -0.05) is 67.6 Å². The minimum Gasteiger partial charge on any atom is -0.396 e. The highest BCUT2D eigenvalue weighted by Crippen LogP contribution is 2.53. The first-order chi connectivity index (χ1) is 14.1. The standard InChI is InChI=1S/C22H26N4O3/c1-2-14-25-19(28)23-21(17-10-5-3-6-11-17)22(25,18-12-7-4-8-13-18)26(15-9-16-27)20(29)24-21/h3-8,10-13,27H,2,9,14-16H2,1H3,(H,23,28)(H,24,29). The lowest BCUT2D eigenvalue weighted by molar-refractivity contribution is -0.0148. The van der Waals surface area contributed by atoms with Crippen molar-refractivity contribution in [3.63, 3.8) is 0 Å². The summed E-state index contributed by atoms with van der Waals surface area (Å²) in [5, 5.41) is 15.7. The van der Waals surface area contributed by atoms with Crippen LogP contribution in [0, 0.1) is 0 Å². The van der Waals surface area contributed by atoms with Crippen molar-refractivity contribution < 1.29 is 14.7 Å². The summed E-state index contributed by atoms with van der Waals surface area (Å²) >= 11 is 0. The zero-order chi connectivity index (χ0) is 20.5. The van der Waals surface area contributed by atoms with E-state index in [-0.39, 0.29) is 18.7 Å². The van der Waals surface area contributed by atoms with Crippen LogP contribution in [-0.4, -0.2) is 46.7 Å². The number of nitrogens with zero attached hydrogens (tertiary/aromatic N) is 2. The third kappa shape index (κ3) is 2.61. The van der Waals surface area contributed by atoms with Gasteiger partial charge in [0.2, 0.25) is 0 Å². The monoisotopic (exact) mass is 394 g/mol. The molecule has 2 aromatic rings. The van der Waals surface area contributed by atoms with Crippen LogP contribution in [0.1, 0.15) is 30.9 Å². The van der Waals surface area contributed by atoms with Gasteiger partial charge in [-0.25, -0.2) is 9.59 Å².